The molecule has 0 atom stereocenters. The number of carbonyl (C=O) groups is 1. The second-order valence-electron chi connectivity index (χ2n) is 8.01. The Morgan fingerprint density at radius 3 is 2.74 bits per heavy atom. The normalized spacial score (nSPS) is 11.1. The molecular weight excluding hydrogens is 442 g/mol. The summed E-state index contributed by atoms with van der Waals surface area (Å²) in [6.45, 7) is 0. The summed E-state index contributed by atoms with van der Waals surface area (Å²) >= 11 is 0. The second kappa shape index (κ2) is 8.34. The number of H-pyrrole nitrogens is 1. The van der Waals surface area contributed by atoms with E-state index in [1.54, 1.807) is 18.5 Å². The molecule has 4 aromatic heterocycles. The number of anilines is 3. The van der Waals surface area contributed by atoms with Gasteiger partial charge in [0.2, 0.25) is 0 Å². The molecule has 0 saturated heterocycles. The van der Waals surface area contributed by atoms with E-state index in [0.29, 0.717) is 23.0 Å². The van der Waals surface area contributed by atoms with Crippen molar-refractivity contribution in [3.63, 3.8) is 0 Å². The van der Waals surface area contributed by atoms with Gasteiger partial charge in [-0.25, -0.2) is 9.97 Å². The van der Waals surface area contributed by atoms with Crippen LogP contribution in [0.15, 0.2) is 79.4 Å². The summed E-state index contributed by atoms with van der Waals surface area (Å²) in [5.74, 6) is 1.03. The Bertz CT molecular complexity index is 1690. The van der Waals surface area contributed by atoms with Crippen molar-refractivity contribution in [2.75, 3.05) is 10.6 Å². The summed E-state index contributed by atoms with van der Waals surface area (Å²) in [6.07, 6.45) is 6.54. The van der Waals surface area contributed by atoms with Crippen molar-refractivity contribution in [2.45, 2.75) is 0 Å². The molecule has 0 fully saturated rings. The number of aryl methyl sites for hydroxylation is 1. The SMILES string of the molecule is Cn1c(C(=O)Nc2ccnnc2)cc2ccc(-c3nccc(Nc4ccc5[nH]ncc5c4)n3)cc21. The van der Waals surface area contributed by atoms with Crippen LogP contribution in [0, 0.1) is 0 Å². The fourth-order valence-electron chi connectivity index (χ4n) is 3.98. The zero-order valence-corrected chi connectivity index (χ0v) is 18.6. The second-order valence-corrected chi connectivity index (χ2v) is 8.01. The molecule has 0 aliphatic heterocycles. The van der Waals surface area contributed by atoms with Gasteiger partial charge in [-0.2, -0.15) is 15.3 Å². The molecule has 2 aromatic carbocycles. The molecule has 4 heterocycles. The molecule has 10 heteroatoms. The minimum Gasteiger partial charge on any atom is -0.340 e. The fourth-order valence-corrected chi connectivity index (χ4v) is 3.98. The van der Waals surface area contributed by atoms with Gasteiger partial charge < -0.3 is 15.2 Å². The molecule has 35 heavy (non-hydrogen) atoms. The predicted molar refractivity (Wildman–Crippen MR) is 133 cm³/mol. The van der Waals surface area contributed by atoms with Gasteiger partial charge in [-0.05, 0) is 42.5 Å². The number of carbonyl (C=O) groups excluding carboxylic acids is 1. The van der Waals surface area contributed by atoms with Crippen LogP contribution in [0.3, 0.4) is 0 Å². The van der Waals surface area contributed by atoms with Gasteiger partial charge in [0.05, 0.1) is 29.8 Å². The molecule has 0 aliphatic rings. The smallest absolute Gasteiger partial charge is 0.272 e. The molecule has 1 amide bonds. The summed E-state index contributed by atoms with van der Waals surface area (Å²) in [7, 11) is 1.86. The first-order valence-electron chi connectivity index (χ1n) is 10.9. The molecule has 6 aromatic rings. The number of rotatable bonds is 5. The van der Waals surface area contributed by atoms with E-state index in [9.17, 15) is 4.79 Å². The van der Waals surface area contributed by atoms with Crippen LogP contribution in [0.5, 0.6) is 0 Å². The van der Waals surface area contributed by atoms with Gasteiger partial charge in [0.1, 0.15) is 11.5 Å². The Balaban J connectivity index is 1.29. The molecule has 0 aliphatic carbocycles. The van der Waals surface area contributed by atoms with Crippen LogP contribution in [0.1, 0.15) is 10.5 Å². The van der Waals surface area contributed by atoms with Crippen LogP contribution < -0.4 is 10.6 Å². The standard InChI is InChI=1S/C25H19N9O/c1-34-21-12-16(3-2-15(21)11-22(34)25(35)31-19-6-9-27-28-14-19)24-26-8-7-23(32-24)30-18-4-5-20-17(10-18)13-29-33-20/h2-14H,1H3,(H,29,33)(H,26,30,32)(H,27,31,35). The molecule has 170 valence electrons. The van der Waals surface area contributed by atoms with Crippen molar-refractivity contribution in [1.82, 2.24) is 34.9 Å². The van der Waals surface area contributed by atoms with Gasteiger partial charge in [0.25, 0.3) is 5.91 Å². The Hall–Kier alpha value is -5.12. The highest BCUT2D eigenvalue weighted by Gasteiger charge is 2.15. The average Bonchev–Trinajstić information content (AvgIpc) is 3.48. The van der Waals surface area contributed by atoms with E-state index in [4.69, 9.17) is 4.98 Å². The van der Waals surface area contributed by atoms with Gasteiger partial charge in [-0.15, -0.1) is 0 Å². The first-order chi connectivity index (χ1) is 17.1. The molecule has 0 saturated carbocycles. The van der Waals surface area contributed by atoms with E-state index >= 15 is 0 Å². The molecule has 6 rings (SSSR count). The Labute approximate surface area is 199 Å². The van der Waals surface area contributed by atoms with Gasteiger partial charge in [0.15, 0.2) is 5.82 Å². The van der Waals surface area contributed by atoms with Crippen molar-refractivity contribution in [2.24, 2.45) is 7.05 Å². The third-order valence-corrected chi connectivity index (χ3v) is 5.75. The lowest BCUT2D eigenvalue weighted by molar-refractivity contribution is 0.101. The first-order valence-corrected chi connectivity index (χ1v) is 10.9. The number of fused-ring (bicyclic) bond motifs is 2. The highest BCUT2D eigenvalue weighted by molar-refractivity contribution is 6.06. The number of amides is 1. The highest BCUT2D eigenvalue weighted by atomic mass is 16.1. The summed E-state index contributed by atoms with van der Waals surface area (Å²) in [5.41, 5.74) is 4.73. The minimum absolute atomic E-state index is 0.227. The van der Waals surface area contributed by atoms with Crippen molar-refractivity contribution in [3.8, 4) is 11.4 Å². The number of nitrogens with one attached hydrogen (secondary N) is 3. The molecule has 0 bridgehead atoms. The summed E-state index contributed by atoms with van der Waals surface area (Å²) in [6, 6.07) is 17.2. The third kappa shape index (κ3) is 3.93. The van der Waals surface area contributed by atoms with Crippen LogP contribution in [0.25, 0.3) is 33.2 Å². The average molecular weight is 461 g/mol. The van der Waals surface area contributed by atoms with Crippen molar-refractivity contribution < 1.29 is 4.79 Å². The lowest BCUT2D eigenvalue weighted by Gasteiger charge is -2.08. The van der Waals surface area contributed by atoms with E-state index in [0.717, 1.165) is 33.1 Å². The number of hydrogen-bond acceptors (Lipinski definition) is 7. The summed E-state index contributed by atoms with van der Waals surface area (Å²) in [5, 5.41) is 22.6. The summed E-state index contributed by atoms with van der Waals surface area (Å²) in [4.78, 5) is 22.0. The van der Waals surface area contributed by atoms with Gasteiger partial charge in [0, 0.05) is 40.8 Å². The Kier molecular flexibility index (Phi) is 4.88. The lowest BCUT2D eigenvalue weighted by Crippen LogP contribution is -2.15. The Morgan fingerprint density at radius 2 is 1.86 bits per heavy atom. The lowest BCUT2D eigenvalue weighted by atomic mass is 10.1. The number of aromatic amines is 1. The monoisotopic (exact) mass is 461 g/mol. The zero-order valence-electron chi connectivity index (χ0n) is 18.6. The minimum atomic E-state index is -0.227. The highest BCUT2D eigenvalue weighted by Crippen LogP contribution is 2.26. The maximum absolute atomic E-state index is 12.8. The molecule has 0 unspecified atom stereocenters. The van der Waals surface area contributed by atoms with Crippen LogP contribution >= 0.6 is 0 Å². The van der Waals surface area contributed by atoms with Gasteiger partial charge in [-0.3, -0.25) is 9.89 Å². The molecule has 0 radical (unpaired) electrons. The zero-order chi connectivity index (χ0) is 23.8. The van der Waals surface area contributed by atoms with Crippen molar-refractivity contribution >= 4 is 44.9 Å². The number of nitrogens with zero attached hydrogens (tertiary/aromatic N) is 6. The molecule has 3 N–H and O–H groups in total. The first kappa shape index (κ1) is 20.5. The molecule has 10 nitrogen and oxygen atoms in total. The van der Waals surface area contributed by atoms with E-state index in [1.165, 1.54) is 12.4 Å². The van der Waals surface area contributed by atoms with E-state index < -0.39 is 0 Å². The van der Waals surface area contributed by atoms with E-state index in [1.807, 2.05) is 60.1 Å². The van der Waals surface area contributed by atoms with Gasteiger partial charge >= 0.3 is 0 Å². The van der Waals surface area contributed by atoms with E-state index in [2.05, 4.69) is 36.0 Å². The molecular formula is C25H19N9O. The quantitative estimate of drug-likeness (QED) is 0.349. The Morgan fingerprint density at radius 1 is 0.914 bits per heavy atom. The third-order valence-electron chi connectivity index (χ3n) is 5.75. The molecule has 0 spiro atoms. The van der Waals surface area contributed by atoms with Crippen LogP contribution in [0.2, 0.25) is 0 Å². The van der Waals surface area contributed by atoms with Crippen LogP contribution in [0.4, 0.5) is 17.2 Å². The fraction of sp³-hybridized carbons (Fsp3) is 0.0400. The topological polar surface area (TPSA) is 126 Å². The predicted octanol–water partition coefficient (Wildman–Crippen LogP) is 4.30. The number of aromatic nitrogens is 7. The van der Waals surface area contributed by atoms with Crippen molar-refractivity contribution in [3.05, 3.63) is 85.1 Å². The van der Waals surface area contributed by atoms with E-state index in [-0.39, 0.29) is 5.91 Å². The maximum atomic E-state index is 12.8. The maximum Gasteiger partial charge on any atom is 0.272 e. The van der Waals surface area contributed by atoms with Crippen LogP contribution in [-0.4, -0.2) is 40.8 Å². The van der Waals surface area contributed by atoms with Gasteiger partial charge in [-0.1, -0.05) is 12.1 Å². The van der Waals surface area contributed by atoms with Crippen molar-refractivity contribution in [1.29, 1.82) is 0 Å². The summed E-state index contributed by atoms with van der Waals surface area (Å²) < 4.78 is 1.85. The van der Waals surface area contributed by atoms with Crippen LogP contribution in [-0.2, 0) is 7.05 Å². The number of hydrogen-bond donors (Lipinski definition) is 3. The number of benzene rings is 2. The largest absolute Gasteiger partial charge is 0.340 e.